The Morgan fingerprint density at radius 1 is 1.36 bits per heavy atom. The molecule has 0 aliphatic heterocycles. The van der Waals surface area contributed by atoms with Gasteiger partial charge >= 0.3 is 0 Å². The maximum atomic E-state index is 5.72. The van der Waals surface area contributed by atoms with Crippen molar-refractivity contribution >= 4 is 17.3 Å². The van der Waals surface area contributed by atoms with Crippen molar-refractivity contribution < 1.29 is 0 Å². The molecule has 0 aliphatic carbocycles. The molecule has 0 spiro atoms. The third-order valence-corrected chi connectivity index (χ3v) is 2.04. The largest absolute Gasteiger partial charge is 0.399 e. The minimum atomic E-state index is 0.573. The third kappa shape index (κ3) is 1.87. The summed E-state index contributed by atoms with van der Waals surface area (Å²) in [5, 5.41) is 0. The van der Waals surface area contributed by atoms with E-state index in [1.807, 2.05) is 18.2 Å². The minimum Gasteiger partial charge on any atom is -0.399 e. The second-order valence-electron chi connectivity index (χ2n) is 2.52. The van der Waals surface area contributed by atoms with Gasteiger partial charge in [-0.05, 0) is 29.7 Å². The summed E-state index contributed by atoms with van der Waals surface area (Å²) in [6, 6.07) is 5.86. The first-order valence-electron chi connectivity index (χ1n) is 3.71. The van der Waals surface area contributed by atoms with E-state index < -0.39 is 0 Å². The average Bonchev–Trinajstić information content (AvgIpc) is 2.04. The zero-order valence-corrected chi connectivity index (χ0v) is 7.36. The molecular formula is C9H12ClN. The van der Waals surface area contributed by atoms with Gasteiger partial charge in [0, 0.05) is 11.6 Å². The summed E-state index contributed by atoms with van der Waals surface area (Å²) in [5.74, 6) is 0.573. The van der Waals surface area contributed by atoms with E-state index in [0.717, 1.165) is 12.1 Å². The standard InChI is InChI=1S/C9H12ClN/c1-2-7-5-9(11)4-3-8(7)6-10/h3-5H,2,6,11H2,1H3. The molecule has 0 radical (unpaired) electrons. The van der Waals surface area contributed by atoms with Gasteiger partial charge in [-0.15, -0.1) is 11.6 Å². The number of benzene rings is 1. The molecule has 1 nitrogen and oxygen atoms in total. The van der Waals surface area contributed by atoms with Crippen LogP contribution in [0, 0.1) is 0 Å². The van der Waals surface area contributed by atoms with Crippen LogP contribution in [-0.4, -0.2) is 0 Å². The van der Waals surface area contributed by atoms with E-state index >= 15 is 0 Å². The number of rotatable bonds is 2. The maximum absolute atomic E-state index is 5.72. The molecule has 2 N–H and O–H groups in total. The number of alkyl halides is 1. The van der Waals surface area contributed by atoms with Crippen molar-refractivity contribution in [3.8, 4) is 0 Å². The fraction of sp³-hybridized carbons (Fsp3) is 0.333. The van der Waals surface area contributed by atoms with E-state index in [4.69, 9.17) is 17.3 Å². The molecule has 1 aromatic rings. The van der Waals surface area contributed by atoms with Gasteiger partial charge in [-0.2, -0.15) is 0 Å². The maximum Gasteiger partial charge on any atom is 0.0476 e. The van der Waals surface area contributed by atoms with Crippen LogP contribution in [0.2, 0.25) is 0 Å². The summed E-state index contributed by atoms with van der Waals surface area (Å²) in [5.41, 5.74) is 8.86. The van der Waals surface area contributed by atoms with Crippen LogP contribution >= 0.6 is 11.6 Å². The molecule has 0 atom stereocenters. The molecule has 0 amide bonds. The molecule has 0 heterocycles. The Morgan fingerprint density at radius 3 is 2.64 bits per heavy atom. The van der Waals surface area contributed by atoms with Gasteiger partial charge in [0.15, 0.2) is 0 Å². The summed E-state index contributed by atoms with van der Waals surface area (Å²) < 4.78 is 0. The number of anilines is 1. The lowest BCUT2D eigenvalue weighted by Gasteiger charge is -2.04. The second kappa shape index (κ2) is 3.63. The smallest absolute Gasteiger partial charge is 0.0476 e. The molecule has 0 bridgehead atoms. The van der Waals surface area contributed by atoms with E-state index in [1.165, 1.54) is 11.1 Å². The van der Waals surface area contributed by atoms with Gasteiger partial charge in [-0.3, -0.25) is 0 Å². The molecule has 0 aliphatic rings. The number of hydrogen-bond donors (Lipinski definition) is 1. The average molecular weight is 170 g/mol. The predicted octanol–water partition coefficient (Wildman–Crippen LogP) is 2.57. The highest BCUT2D eigenvalue weighted by Gasteiger charge is 1.98. The highest BCUT2D eigenvalue weighted by atomic mass is 35.5. The summed E-state index contributed by atoms with van der Waals surface area (Å²) in [4.78, 5) is 0. The van der Waals surface area contributed by atoms with Crippen LogP contribution in [0.5, 0.6) is 0 Å². The van der Waals surface area contributed by atoms with Crippen molar-refractivity contribution in [3.05, 3.63) is 29.3 Å². The molecule has 60 valence electrons. The fourth-order valence-corrected chi connectivity index (χ4v) is 1.37. The van der Waals surface area contributed by atoms with Gasteiger partial charge in [-0.25, -0.2) is 0 Å². The van der Waals surface area contributed by atoms with E-state index in [1.54, 1.807) is 0 Å². The van der Waals surface area contributed by atoms with Gasteiger partial charge in [0.25, 0.3) is 0 Å². The lowest BCUT2D eigenvalue weighted by Crippen LogP contribution is -1.92. The van der Waals surface area contributed by atoms with Gasteiger partial charge in [0.1, 0.15) is 0 Å². The van der Waals surface area contributed by atoms with E-state index in [-0.39, 0.29) is 0 Å². The van der Waals surface area contributed by atoms with Gasteiger partial charge in [0.2, 0.25) is 0 Å². The molecule has 1 aromatic carbocycles. The molecular weight excluding hydrogens is 158 g/mol. The summed E-state index contributed by atoms with van der Waals surface area (Å²) in [6.07, 6.45) is 0.993. The topological polar surface area (TPSA) is 26.0 Å². The SMILES string of the molecule is CCc1cc(N)ccc1CCl. The quantitative estimate of drug-likeness (QED) is 0.535. The van der Waals surface area contributed by atoms with E-state index in [0.29, 0.717) is 5.88 Å². The molecule has 0 unspecified atom stereocenters. The molecule has 0 aromatic heterocycles. The third-order valence-electron chi connectivity index (χ3n) is 1.76. The summed E-state index contributed by atoms with van der Waals surface area (Å²) >= 11 is 5.72. The molecule has 0 fully saturated rings. The van der Waals surface area contributed by atoms with Crippen molar-refractivity contribution in [1.82, 2.24) is 0 Å². The van der Waals surface area contributed by atoms with Crippen LogP contribution in [0.1, 0.15) is 18.1 Å². The number of nitrogens with two attached hydrogens (primary N) is 1. The van der Waals surface area contributed by atoms with Gasteiger partial charge < -0.3 is 5.73 Å². The Hall–Kier alpha value is -0.690. The highest BCUT2D eigenvalue weighted by Crippen LogP contribution is 2.15. The number of aryl methyl sites for hydroxylation is 1. The molecule has 2 heteroatoms. The van der Waals surface area contributed by atoms with Gasteiger partial charge in [0.05, 0.1) is 0 Å². The van der Waals surface area contributed by atoms with Crippen LogP contribution < -0.4 is 5.73 Å². The Kier molecular flexibility index (Phi) is 2.77. The molecule has 0 saturated carbocycles. The number of nitrogen functional groups attached to an aromatic ring is 1. The molecule has 1 rings (SSSR count). The monoisotopic (exact) mass is 169 g/mol. The Bertz CT molecular complexity index is 245. The van der Waals surface area contributed by atoms with Crippen LogP contribution in [0.4, 0.5) is 5.69 Å². The molecule has 0 saturated heterocycles. The zero-order valence-electron chi connectivity index (χ0n) is 6.60. The van der Waals surface area contributed by atoms with Crippen LogP contribution in [0.25, 0.3) is 0 Å². The summed E-state index contributed by atoms with van der Waals surface area (Å²) in [6.45, 7) is 2.10. The summed E-state index contributed by atoms with van der Waals surface area (Å²) in [7, 11) is 0. The number of halogens is 1. The van der Waals surface area contributed by atoms with Crippen molar-refractivity contribution in [2.24, 2.45) is 0 Å². The van der Waals surface area contributed by atoms with Crippen molar-refractivity contribution in [2.45, 2.75) is 19.2 Å². The Balaban J connectivity index is 3.06. The Labute approximate surface area is 72.2 Å². The molecule has 11 heavy (non-hydrogen) atoms. The van der Waals surface area contributed by atoms with Crippen molar-refractivity contribution in [2.75, 3.05) is 5.73 Å². The first-order valence-corrected chi connectivity index (χ1v) is 4.24. The fourth-order valence-electron chi connectivity index (χ4n) is 1.11. The first-order chi connectivity index (χ1) is 5.27. The predicted molar refractivity (Wildman–Crippen MR) is 49.8 cm³/mol. The lowest BCUT2D eigenvalue weighted by molar-refractivity contribution is 1.10. The van der Waals surface area contributed by atoms with Gasteiger partial charge in [-0.1, -0.05) is 13.0 Å². The van der Waals surface area contributed by atoms with Crippen molar-refractivity contribution in [3.63, 3.8) is 0 Å². The van der Waals surface area contributed by atoms with E-state index in [2.05, 4.69) is 6.92 Å². The normalized spacial score (nSPS) is 10.0. The second-order valence-corrected chi connectivity index (χ2v) is 2.78. The van der Waals surface area contributed by atoms with Crippen LogP contribution in [-0.2, 0) is 12.3 Å². The number of hydrogen-bond acceptors (Lipinski definition) is 1. The zero-order chi connectivity index (χ0) is 8.27. The van der Waals surface area contributed by atoms with Crippen molar-refractivity contribution in [1.29, 1.82) is 0 Å². The van der Waals surface area contributed by atoms with Crippen LogP contribution in [0.15, 0.2) is 18.2 Å². The van der Waals surface area contributed by atoms with E-state index in [9.17, 15) is 0 Å². The van der Waals surface area contributed by atoms with Crippen LogP contribution in [0.3, 0.4) is 0 Å². The highest BCUT2D eigenvalue weighted by molar-refractivity contribution is 6.17. The Morgan fingerprint density at radius 2 is 2.09 bits per heavy atom. The first kappa shape index (κ1) is 8.41. The lowest BCUT2D eigenvalue weighted by atomic mass is 10.1. The minimum absolute atomic E-state index is 0.573.